The Morgan fingerprint density at radius 1 is 1.39 bits per heavy atom. The van der Waals surface area contributed by atoms with Crippen molar-refractivity contribution in [3.8, 4) is 5.75 Å². The van der Waals surface area contributed by atoms with E-state index in [2.05, 4.69) is 34.7 Å². The summed E-state index contributed by atoms with van der Waals surface area (Å²) >= 11 is 3.43. The molecule has 18 heavy (non-hydrogen) atoms. The highest BCUT2D eigenvalue weighted by atomic mass is 79.9. The molecule has 0 amide bonds. The summed E-state index contributed by atoms with van der Waals surface area (Å²) in [6, 6.07) is 8.34. The second-order valence-electron chi connectivity index (χ2n) is 4.24. The standard InChI is InChI=1S/C14H22BrNO2/c1-4-16(12(2)11-17-3)8-9-18-14-7-5-6-13(15)10-14/h5-7,10,12H,4,8-9,11H2,1-3H3. The number of halogens is 1. The Bertz CT molecular complexity index is 346. The molecular formula is C14H22BrNO2. The largest absolute Gasteiger partial charge is 0.492 e. The summed E-state index contributed by atoms with van der Waals surface area (Å²) in [5.41, 5.74) is 0. The average Bonchev–Trinajstić information content (AvgIpc) is 2.35. The summed E-state index contributed by atoms with van der Waals surface area (Å²) < 4.78 is 12.0. The highest BCUT2D eigenvalue weighted by Gasteiger charge is 2.11. The molecule has 1 atom stereocenters. The normalized spacial score (nSPS) is 12.7. The van der Waals surface area contributed by atoms with Gasteiger partial charge in [-0.1, -0.05) is 28.9 Å². The van der Waals surface area contributed by atoms with Gasteiger partial charge in [0.2, 0.25) is 0 Å². The highest BCUT2D eigenvalue weighted by molar-refractivity contribution is 9.10. The van der Waals surface area contributed by atoms with E-state index >= 15 is 0 Å². The van der Waals surface area contributed by atoms with E-state index in [1.807, 2.05) is 24.3 Å². The van der Waals surface area contributed by atoms with Crippen LogP contribution in [0.2, 0.25) is 0 Å². The molecule has 0 aromatic heterocycles. The average molecular weight is 316 g/mol. The lowest BCUT2D eigenvalue weighted by Crippen LogP contribution is -2.38. The zero-order valence-corrected chi connectivity index (χ0v) is 12.9. The smallest absolute Gasteiger partial charge is 0.120 e. The lowest BCUT2D eigenvalue weighted by molar-refractivity contribution is 0.0920. The lowest BCUT2D eigenvalue weighted by atomic mass is 10.3. The summed E-state index contributed by atoms with van der Waals surface area (Å²) in [4.78, 5) is 2.35. The Balaban J connectivity index is 2.35. The minimum Gasteiger partial charge on any atom is -0.492 e. The fourth-order valence-electron chi connectivity index (χ4n) is 1.87. The summed E-state index contributed by atoms with van der Waals surface area (Å²) in [5.74, 6) is 0.903. The van der Waals surface area contributed by atoms with Gasteiger partial charge in [-0.25, -0.2) is 0 Å². The number of hydrogen-bond acceptors (Lipinski definition) is 3. The van der Waals surface area contributed by atoms with E-state index in [9.17, 15) is 0 Å². The molecule has 0 spiro atoms. The Hall–Kier alpha value is -0.580. The second kappa shape index (κ2) is 8.51. The number of nitrogens with zero attached hydrogens (tertiary/aromatic N) is 1. The van der Waals surface area contributed by atoms with Crippen LogP contribution in [0.25, 0.3) is 0 Å². The van der Waals surface area contributed by atoms with E-state index in [-0.39, 0.29) is 0 Å². The number of benzene rings is 1. The van der Waals surface area contributed by atoms with Crippen LogP contribution in [0.15, 0.2) is 28.7 Å². The van der Waals surface area contributed by atoms with Crippen LogP contribution in [-0.4, -0.2) is 44.4 Å². The molecule has 0 heterocycles. The van der Waals surface area contributed by atoms with Crippen LogP contribution in [-0.2, 0) is 4.74 Å². The van der Waals surface area contributed by atoms with Gasteiger partial charge in [0.05, 0.1) is 6.61 Å². The van der Waals surface area contributed by atoms with Gasteiger partial charge in [-0.15, -0.1) is 0 Å². The second-order valence-corrected chi connectivity index (χ2v) is 5.15. The van der Waals surface area contributed by atoms with Crippen LogP contribution in [0.1, 0.15) is 13.8 Å². The molecule has 0 bridgehead atoms. The van der Waals surface area contributed by atoms with Crippen molar-refractivity contribution in [1.29, 1.82) is 0 Å². The van der Waals surface area contributed by atoms with Crippen LogP contribution in [0.3, 0.4) is 0 Å². The zero-order chi connectivity index (χ0) is 13.4. The van der Waals surface area contributed by atoms with Gasteiger partial charge in [0.25, 0.3) is 0 Å². The number of hydrogen-bond donors (Lipinski definition) is 0. The molecular weight excluding hydrogens is 294 g/mol. The number of rotatable bonds is 8. The first kappa shape index (κ1) is 15.5. The van der Waals surface area contributed by atoms with E-state index < -0.39 is 0 Å². The fourth-order valence-corrected chi connectivity index (χ4v) is 2.25. The number of likely N-dealkylation sites (N-methyl/N-ethyl adjacent to an activating group) is 1. The van der Waals surface area contributed by atoms with Crippen LogP contribution in [0.4, 0.5) is 0 Å². The Morgan fingerprint density at radius 2 is 2.17 bits per heavy atom. The van der Waals surface area contributed by atoms with Gasteiger partial charge in [-0.05, 0) is 31.7 Å². The third-order valence-corrected chi connectivity index (χ3v) is 3.37. The molecule has 0 fully saturated rings. The fraction of sp³-hybridized carbons (Fsp3) is 0.571. The van der Waals surface area contributed by atoms with E-state index in [1.165, 1.54) is 0 Å². The summed E-state index contributed by atoms with van der Waals surface area (Å²) in [6.07, 6.45) is 0. The first-order valence-corrected chi connectivity index (χ1v) is 7.08. The van der Waals surface area contributed by atoms with Crippen LogP contribution in [0.5, 0.6) is 5.75 Å². The van der Waals surface area contributed by atoms with Crippen molar-refractivity contribution in [2.75, 3.05) is 33.4 Å². The van der Waals surface area contributed by atoms with E-state index in [4.69, 9.17) is 9.47 Å². The van der Waals surface area contributed by atoms with Crippen molar-refractivity contribution in [1.82, 2.24) is 4.90 Å². The zero-order valence-electron chi connectivity index (χ0n) is 11.4. The van der Waals surface area contributed by atoms with Crippen LogP contribution in [0, 0.1) is 0 Å². The van der Waals surface area contributed by atoms with E-state index in [1.54, 1.807) is 7.11 Å². The molecule has 1 unspecified atom stereocenters. The number of ether oxygens (including phenoxy) is 2. The van der Waals surface area contributed by atoms with Gasteiger partial charge in [0, 0.05) is 24.2 Å². The monoisotopic (exact) mass is 315 g/mol. The molecule has 0 saturated carbocycles. The maximum Gasteiger partial charge on any atom is 0.120 e. The minimum atomic E-state index is 0.422. The molecule has 0 aliphatic rings. The maximum absolute atomic E-state index is 5.73. The van der Waals surface area contributed by atoms with Crippen molar-refractivity contribution in [2.45, 2.75) is 19.9 Å². The summed E-state index contributed by atoms with van der Waals surface area (Å²) in [7, 11) is 1.74. The molecule has 1 rings (SSSR count). The van der Waals surface area contributed by atoms with E-state index in [0.717, 1.165) is 29.9 Å². The van der Waals surface area contributed by atoms with Crippen molar-refractivity contribution in [2.24, 2.45) is 0 Å². The first-order valence-electron chi connectivity index (χ1n) is 6.28. The van der Waals surface area contributed by atoms with Gasteiger partial charge >= 0.3 is 0 Å². The third-order valence-electron chi connectivity index (χ3n) is 2.88. The third kappa shape index (κ3) is 5.38. The van der Waals surface area contributed by atoms with Crippen molar-refractivity contribution >= 4 is 15.9 Å². The topological polar surface area (TPSA) is 21.7 Å². The van der Waals surface area contributed by atoms with Gasteiger partial charge in [0.1, 0.15) is 12.4 Å². The highest BCUT2D eigenvalue weighted by Crippen LogP contribution is 2.17. The van der Waals surface area contributed by atoms with Crippen molar-refractivity contribution < 1.29 is 9.47 Å². The molecule has 3 nitrogen and oxygen atoms in total. The predicted octanol–water partition coefficient (Wildman–Crippen LogP) is 3.18. The van der Waals surface area contributed by atoms with Crippen molar-refractivity contribution in [3.63, 3.8) is 0 Å². The SMILES string of the molecule is CCN(CCOc1cccc(Br)c1)C(C)COC. The molecule has 0 aliphatic carbocycles. The van der Waals surface area contributed by atoms with Crippen molar-refractivity contribution in [3.05, 3.63) is 28.7 Å². The molecule has 1 aromatic carbocycles. The van der Waals surface area contributed by atoms with Gasteiger partial charge < -0.3 is 9.47 Å². The van der Waals surface area contributed by atoms with Gasteiger partial charge in [-0.3, -0.25) is 4.90 Å². The summed E-state index contributed by atoms with van der Waals surface area (Å²) in [5, 5.41) is 0. The molecule has 0 aliphatic heterocycles. The Labute approximate surface area is 118 Å². The quantitative estimate of drug-likeness (QED) is 0.735. The molecule has 0 saturated heterocycles. The van der Waals surface area contributed by atoms with Gasteiger partial charge in [-0.2, -0.15) is 0 Å². The molecule has 0 radical (unpaired) electrons. The maximum atomic E-state index is 5.73. The lowest BCUT2D eigenvalue weighted by Gasteiger charge is -2.27. The van der Waals surface area contributed by atoms with E-state index in [0.29, 0.717) is 12.6 Å². The van der Waals surface area contributed by atoms with Crippen LogP contribution < -0.4 is 4.74 Å². The number of methoxy groups -OCH3 is 1. The summed E-state index contributed by atoms with van der Waals surface area (Å²) in [6.45, 7) is 7.69. The molecule has 102 valence electrons. The Morgan fingerprint density at radius 3 is 2.78 bits per heavy atom. The van der Waals surface area contributed by atoms with Crippen LogP contribution >= 0.6 is 15.9 Å². The first-order chi connectivity index (χ1) is 8.67. The molecule has 4 heteroatoms. The van der Waals surface area contributed by atoms with Gasteiger partial charge in [0.15, 0.2) is 0 Å². The molecule has 0 N–H and O–H groups in total. The predicted molar refractivity (Wildman–Crippen MR) is 78.2 cm³/mol. The molecule has 1 aromatic rings. The Kier molecular flexibility index (Phi) is 7.32. The minimum absolute atomic E-state index is 0.422.